The number of carboxylic acids is 1. The van der Waals surface area contributed by atoms with E-state index in [0.717, 1.165) is 0 Å². The van der Waals surface area contributed by atoms with E-state index in [0.29, 0.717) is 11.7 Å². The van der Waals surface area contributed by atoms with E-state index in [-0.39, 0.29) is 45.3 Å². The molecular weight excluding hydrogens is 356 g/mol. The van der Waals surface area contributed by atoms with Gasteiger partial charge in [0.05, 0.1) is 19.8 Å². The van der Waals surface area contributed by atoms with Gasteiger partial charge in [0.1, 0.15) is 0 Å². The number of rotatable bonds is 7. The first kappa shape index (κ1) is 25.5. The molecule has 0 aromatic carbocycles. The summed E-state index contributed by atoms with van der Waals surface area (Å²) in [5, 5.41) is 24.0. The molecule has 1 saturated heterocycles. The van der Waals surface area contributed by atoms with Crippen LogP contribution in [0.5, 0.6) is 0 Å². The van der Waals surface area contributed by atoms with E-state index >= 15 is 0 Å². The molecule has 150 valence electrons. The molecule has 0 spiro atoms. The Morgan fingerprint density at radius 3 is 1.88 bits per heavy atom. The Bertz CT molecular complexity index is 462. The highest BCUT2D eigenvalue weighted by Crippen LogP contribution is 2.13. The van der Waals surface area contributed by atoms with E-state index in [1.54, 1.807) is 6.92 Å². The maximum atomic E-state index is 11.1. The molecule has 1 rings (SSSR count). The predicted molar refractivity (Wildman–Crippen MR) is 84.0 cm³/mol. The number of aliphatic hydroxyl groups excluding tert-OH is 2. The van der Waals surface area contributed by atoms with Crippen LogP contribution in [0, 0.1) is 0 Å². The number of primary amides is 1. The van der Waals surface area contributed by atoms with Crippen LogP contribution in [0.15, 0.2) is 0 Å². The Balaban J connectivity index is 0. The summed E-state index contributed by atoms with van der Waals surface area (Å²) in [5.74, 6) is -2.88. The van der Waals surface area contributed by atoms with Crippen LogP contribution in [0.3, 0.4) is 0 Å². The van der Waals surface area contributed by atoms with Gasteiger partial charge in [-0.3, -0.25) is 14.4 Å². The fourth-order valence-electron chi connectivity index (χ4n) is 1.33. The first-order chi connectivity index (χ1) is 12.2. The molecule has 0 atom stereocenters. The number of ether oxygens (including phenoxy) is 1. The summed E-state index contributed by atoms with van der Waals surface area (Å²) >= 11 is 0. The third-order valence-electron chi connectivity index (χ3n) is 2.36. The van der Waals surface area contributed by atoms with Crippen molar-refractivity contribution in [2.75, 3.05) is 19.8 Å². The number of amides is 3. The van der Waals surface area contributed by atoms with Gasteiger partial charge in [-0.05, 0) is 13.3 Å². The van der Waals surface area contributed by atoms with Gasteiger partial charge in [0.25, 0.3) is 11.8 Å². The molecule has 3 amide bonds. The summed E-state index contributed by atoms with van der Waals surface area (Å²) in [6, 6.07) is 0. The van der Waals surface area contributed by atoms with Crippen LogP contribution in [0.4, 0.5) is 4.79 Å². The Hall–Kier alpha value is -2.73. The molecule has 26 heavy (non-hydrogen) atoms. The van der Waals surface area contributed by atoms with Crippen molar-refractivity contribution >= 4 is 29.8 Å². The highest BCUT2D eigenvalue weighted by atomic mass is 16.7. The van der Waals surface area contributed by atoms with E-state index in [1.807, 2.05) is 0 Å². The molecule has 5 N–H and O–H groups in total. The van der Waals surface area contributed by atoms with Gasteiger partial charge in [-0.2, -0.15) is 0 Å². The fourth-order valence-corrected chi connectivity index (χ4v) is 1.33. The lowest BCUT2D eigenvalue weighted by atomic mass is 10.2. The molecule has 0 radical (unpaired) electrons. The normalized spacial score (nSPS) is 12.3. The van der Waals surface area contributed by atoms with Gasteiger partial charge in [0.2, 0.25) is 0 Å². The third kappa shape index (κ3) is 14.8. The Morgan fingerprint density at radius 2 is 1.58 bits per heavy atom. The molecule has 0 aromatic rings. The molecule has 0 aliphatic carbocycles. The molecule has 1 heterocycles. The maximum Gasteiger partial charge on any atom is 0.404 e. The first-order valence-corrected chi connectivity index (χ1v) is 7.61. The SMILES string of the molecule is CCOC(N)=O.O=C(O)CCCC(=O)ON1C(=O)CCC1=O.OCCO. The summed E-state index contributed by atoms with van der Waals surface area (Å²) in [6.45, 7) is 1.81. The lowest BCUT2D eigenvalue weighted by Crippen LogP contribution is -2.32. The van der Waals surface area contributed by atoms with Gasteiger partial charge >= 0.3 is 18.0 Å². The zero-order valence-corrected chi connectivity index (χ0v) is 14.4. The monoisotopic (exact) mass is 380 g/mol. The van der Waals surface area contributed by atoms with Crippen LogP contribution >= 0.6 is 0 Å². The molecule has 0 saturated carbocycles. The molecule has 12 nitrogen and oxygen atoms in total. The van der Waals surface area contributed by atoms with Crippen molar-refractivity contribution in [2.45, 2.75) is 39.0 Å². The molecule has 0 bridgehead atoms. The van der Waals surface area contributed by atoms with E-state index < -0.39 is 29.8 Å². The first-order valence-electron chi connectivity index (χ1n) is 7.61. The summed E-state index contributed by atoms with van der Waals surface area (Å²) in [7, 11) is 0. The molecule has 1 aliphatic heterocycles. The van der Waals surface area contributed by atoms with E-state index in [1.165, 1.54) is 0 Å². The van der Waals surface area contributed by atoms with Crippen molar-refractivity contribution in [3.8, 4) is 0 Å². The fraction of sp³-hybridized carbons (Fsp3) is 0.643. The van der Waals surface area contributed by atoms with Crippen molar-refractivity contribution < 1.29 is 48.9 Å². The van der Waals surface area contributed by atoms with Gasteiger partial charge < -0.3 is 30.6 Å². The number of nitrogens with zero attached hydrogens (tertiary/aromatic N) is 1. The zero-order valence-electron chi connectivity index (χ0n) is 14.4. The zero-order chi connectivity index (χ0) is 20.5. The Morgan fingerprint density at radius 1 is 1.08 bits per heavy atom. The van der Waals surface area contributed by atoms with Crippen LogP contribution < -0.4 is 5.73 Å². The lowest BCUT2D eigenvalue weighted by molar-refractivity contribution is -0.197. The average Bonchev–Trinajstić information content (AvgIpc) is 2.87. The number of imide groups is 1. The second-order valence-corrected chi connectivity index (χ2v) is 4.49. The van der Waals surface area contributed by atoms with Crippen LogP contribution in [-0.4, -0.2) is 70.0 Å². The van der Waals surface area contributed by atoms with Crippen molar-refractivity contribution in [2.24, 2.45) is 5.73 Å². The summed E-state index contributed by atoms with van der Waals surface area (Å²) in [6.07, 6.45) is -0.801. The van der Waals surface area contributed by atoms with Gasteiger partial charge in [-0.1, -0.05) is 0 Å². The molecule has 1 fully saturated rings. The average molecular weight is 380 g/mol. The Labute approximate surface area is 149 Å². The maximum absolute atomic E-state index is 11.1. The summed E-state index contributed by atoms with van der Waals surface area (Å²) in [5.41, 5.74) is 4.54. The molecule has 12 heteroatoms. The summed E-state index contributed by atoms with van der Waals surface area (Å²) < 4.78 is 4.18. The van der Waals surface area contributed by atoms with E-state index in [2.05, 4.69) is 15.3 Å². The van der Waals surface area contributed by atoms with Crippen LogP contribution in [0.25, 0.3) is 0 Å². The highest BCUT2D eigenvalue weighted by Gasteiger charge is 2.32. The standard InChI is InChI=1S/C9H11NO6.C3H7NO2.C2H6O2/c11-6-4-5-7(12)10(6)16-9(15)3-1-2-8(13)14;1-2-6-3(4)5;3-1-2-4/h1-5H2,(H,13,14);2H2,1H3,(H2,4,5);3-4H,1-2H2. The molecule has 0 aromatic heterocycles. The molecule has 1 aliphatic rings. The van der Waals surface area contributed by atoms with Crippen LogP contribution in [0.1, 0.15) is 39.0 Å². The number of hydrogen-bond acceptors (Lipinski definition) is 9. The highest BCUT2D eigenvalue weighted by molar-refractivity contribution is 6.01. The van der Waals surface area contributed by atoms with Gasteiger partial charge in [0.15, 0.2) is 0 Å². The third-order valence-corrected chi connectivity index (χ3v) is 2.36. The molecule has 0 unspecified atom stereocenters. The number of hydroxylamine groups is 2. The minimum atomic E-state index is -1.01. The second-order valence-electron chi connectivity index (χ2n) is 4.49. The minimum Gasteiger partial charge on any atom is -0.481 e. The van der Waals surface area contributed by atoms with Crippen molar-refractivity contribution in [3.63, 3.8) is 0 Å². The largest absolute Gasteiger partial charge is 0.481 e. The van der Waals surface area contributed by atoms with Gasteiger partial charge in [0, 0.05) is 25.7 Å². The Kier molecular flexibility index (Phi) is 15.5. The molecular formula is C14H24N2O10. The van der Waals surface area contributed by atoms with Gasteiger partial charge in [-0.15, -0.1) is 5.06 Å². The second kappa shape index (κ2) is 15.8. The number of carboxylic acid groups (broad SMARTS) is 1. The van der Waals surface area contributed by atoms with E-state index in [9.17, 15) is 24.0 Å². The number of nitrogens with two attached hydrogens (primary N) is 1. The summed E-state index contributed by atoms with van der Waals surface area (Å²) in [4.78, 5) is 57.5. The van der Waals surface area contributed by atoms with Crippen LogP contribution in [-0.2, 0) is 28.8 Å². The number of carbonyl (C=O) groups excluding carboxylic acids is 4. The van der Waals surface area contributed by atoms with Crippen LogP contribution in [0.2, 0.25) is 0 Å². The van der Waals surface area contributed by atoms with Crippen molar-refractivity contribution in [1.82, 2.24) is 5.06 Å². The number of carbonyl (C=O) groups is 5. The minimum absolute atomic E-state index is 0.0429. The smallest absolute Gasteiger partial charge is 0.404 e. The predicted octanol–water partition coefficient (Wildman–Crippen LogP) is -1.08. The van der Waals surface area contributed by atoms with E-state index in [4.69, 9.17) is 15.3 Å². The van der Waals surface area contributed by atoms with Gasteiger partial charge in [-0.25, -0.2) is 9.59 Å². The van der Waals surface area contributed by atoms with Crippen molar-refractivity contribution in [3.05, 3.63) is 0 Å². The lowest BCUT2D eigenvalue weighted by Gasteiger charge is -2.11. The van der Waals surface area contributed by atoms with Crippen molar-refractivity contribution in [1.29, 1.82) is 0 Å². The number of aliphatic hydroxyl groups is 2. The number of aliphatic carboxylic acids is 1. The quantitative estimate of drug-likeness (QED) is 0.395. The topological polar surface area (TPSA) is 194 Å². The number of hydrogen-bond donors (Lipinski definition) is 4.